The molecule has 3 aliphatic heterocycles. The van der Waals surface area contributed by atoms with Crippen LogP contribution in [0.5, 0.6) is 6.01 Å². The van der Waals surface area contributed by atoms with Crippen LogP contribution in [0.1, 0.15) is 30.5 Å². The minimum absolute atomic E-state index is 0.0722. The lowest BCUT2D eigenvalue weighted by molar-refractivity contribution is -0.131. The molecule has 1 aromatic carbocycles. The van der Waals surface area contributed by atoms with Gasteiger partial charge < -0.3 is 24.3 Å². The van der Waals surface area contributed by atoms with Gasteiger partial charge in [-0.2, -0.15) is 15.2 Å². The molecule has 0 spiro atoms. The van der Waals surface area contributed by atoms with E-state index in [0.717, 1.165) is 52.9 Å². The van der Waals surface area contributed by atoms with Gasteiger partial charge in [0.15, 0.2) is 5.83 Å². The second-order valence-electron chi connectivity index (χ2n) is 11.4. The molecule has 2 fully saturated rings. The van der Waals surface area contributed by atoms with E-state index in [-0.39, 0.29) is 13.0 Å². The molecule has 6 rings (SSSR count). The summed E-state index contributed by atoms with van der Waals surface area (Å²) in [4.78, 5) is 34.8. The van der Waals surface area contributed by atoms with E-state index in [1.807, 2.05) is 30.6 Å². The zero-order chi connectivity index (χ0) is 30.1. The average molecular weight is 605 g/mol. The van der Waals surface area contributed by atoms with E-state index in [0.29, 0.717) is 56.3 Å². The Bertz CT molecular complexity index is 1590. The van der Waals surface area contributed by atoms with Gasteiger partial charge >= 0.3 is 6.01 Å². The van der Waals surface area contributed by atoms with Crippen molar-refractivity contribution in [2.45, 2.75) is 44.3 Å². The van der Waals surface area contributed by atoms with Crippen molar-refractivity contribution in [2.75, 3.05) is 56.2 Å². The Morgan fingerprint density at radius 3 is 2.81 bits per heavy atom. The van der Waals surface area contributed by atoms with Crippen molar-refractivity contribution in [3.05, 3.63) is 59.3 Å². The number of nitriles is 1. The number of piperazine rings is 1. The van der Waals surface area contributed by atoms with E-state index in [9.17, 15) is 14.4 Å². The number of ether oxygens (including phenoxy) is 1. The number of anilines is 2. The molecule has 0 saturated carbocycles. The van der Waals surface area contributed by atoms with Gasteiger partial charge in [-0.25, -0.2) is 4.39 Å². The standard InChI is InChI=1S/C31H34ClFN8O2/c1-20(33)30(42)41-14-13-40(17-22(41)8-10-34)29-24-9-12-39(27-16-35-15-21-5-3-7-25(32)28(21)27)18-26(24)36-31(37-29)43-19-23-6-4-11-38(23)2/h3,5,7,15-16,22-23H,1,4,6,8-9,11-14,17-19H2,2H3/t22-,23-/m0/s1. The van der Waals surface area contributed by atoms with Gasteiger partial charge in [0.1, 0.15) is 12.4 Å². The number of carbonyl (C=O) groups is 1. The third kappa shape index (κ3) is 5.82. The fraction of sp³-hybridized carbons (Fsp3) is 0.452. The van der Waals surface area contributed by atoms with Gasteiger partial charge in [0.2, 0.25) is 0 Å². The second kappa shape index (κ2) is 12.3. The van der Waals surface area contributed by atoms with Gasteiger partial charge in [-0.3, -0.25) is 9.78 Å². The van der Waals surface area contributed by atoms with Crippen LogP contribution in [0.3, 0.4) is 0 Å². The molecular weight excluding hydrogens is 571 g/mol. The molecular formula is C31H34ClFN8O2. The molecule has 1 amide bonds. The van der Waals surface area contributed by atoms with Crippen molar-refractivity contribution in [1.29, 1.82) is 5.26 Å². The van der Waals surface area contributed by atoms with Crippen molar-refractivity contribution in [3.8, 4) is 12.1 Å². The third-order valence-electron chi connectivity index (χ3n) is 8.75. The van der Waals surface area contributed by atoms with E-state index in [1.165, 1.54) is 4.90 Å². The first-order chi connectivity index (χ1) is 20.8. The quantitative estimate of drug-likeness (QED) is 0.368. The van der Waals surface area contributed by atoms with E-state index in [4.69, 9.17) is 26.3 Å². The summed E-state index contributed by atoms with van der Waals surface area (Å²) in [6.45, 7) is 6.93. The predicted molar refractivity (Wildman–Crippen MR) is 163 cm³/mol. The Balaban J connectivity index is 1.34. The molecule has 0 N–H and O–H groups in total. The Morgan fingerprint density at radius 2 is 2.05 bits per heavy atom. The molecule has 2 saturated heterocycles. The first-order valence-corrected chi connectivity index (χ1v) is 15.0. The highest BCUT2D eigenvalue weighted by molar-refractivity contribution is 6.36. The number of aromatic nitrogens is 3. The van der Waals surface area contributed by atoms with Crippen molar-refractivity contribution in [2.24, 2.45) is 0 Å². The predicted octanol–water partition coefficient (Wildman–Crippen LogP) is 4.13. The Hall–Kier alpha value is -4.01. The number of amides is 1. The zero-order valence-electron chi connectivity index (χ0n) is 24.2. The van der Waals surface area contributed by atoms with Gasteiger partial charge in [-0.1, -0.05) is 30.3 Å². The highest BCUT2D eigenvalue weighted by Gasteiger charge is 2.35. The number of hydrogen-bond donors (Lipinski definition) is 0. The molecule has 0 unspecified atom stereocenters. The van der Waals surface area contributed by atoms with Crippen LogP contribution < -0.4 is 14.5 Å². The number of halogens is 2. The maximum atomic E-state index is 13.8. The smallest absolute Gasteiger partial charge is 0.318 e. The number of likely N-dealkylation sites (N-methyl/N-ethyl adjacent to an activating group) is 1. The van der Waals surface area contributed by atoms with E-state index >= 15 is 0 Å². The van der Waals surface area contributed by atoms with Crippen molar-refractivity contribution < 1.29 is 13.9 Å². The van der Waals surface area contributed by atoms with E-state index in [2.05, 4.69) is 39.4 Å². The monoisotopic (exact) mass is 604 g/mol. The molecule has 2 aromatic heterocycles. The van der Waals surface area contributed by atoms with Crippen LogP contribution >= 0.6 is 11.6 Å². The Labute approximate surface area is 255 Å². The van der Waals surface area contributed by atoms with Gasteiger partial charge in [-0.15, -0.1) is 0 Å². The molecule has 3 aromatic rings. The van der Waals surface area contributed by atoms with E-state index in [1.54, 1.807) is 0 Å². The first kappa shape index (κ1) is 29.1. The van der Waals surface area contributed by atoms with Gasteiger partial charge in [0.25, 0.3) is 5.91 Å². The Morgan fingerprint density at radius 1 is 1.19 bits per heavy atom. The van der Waals surface area contributed by atoms with Crippen molar-refractivity contribution in [3.63, 3.8) is 0 Å². The molecule has 0 bridgehead atoms. The van der Waals surface area contributed by atoms with Crippen LogP contribution in [0.4, 0.5) is 15.9 Å². The number of rotatable bonds is 7. The van der Waals surface area contributed by atoms with Crippen LogP contribution in [-0.2, 0) is 17.8 Å². The molecule has 43 heavy (non-hydrogen) atoms. The first-order valence-electron chi connectivity index (χ1n) is 14.6. The fourth-order valence-corrected chi connectivity index (χ4v) is 6.72. The molecule has 0 aliphatic carbocycles. The summed E-state index contributed by atoms with van der Waals surface area (Å²) >= 11 is 6.65. The third-order valence-corrected chi connectivity index (χ3v) is 9.07. The molecule has 3 aliphatic rings. The zero-order valence-corrected chi connectivity index (χ0v) is 24.9. The summed E-state index contributed by atoms with van der Waals surface area (Å²) < 4.78 is 20.0. The fourth-order valence-electron chi connectivity index (χ4n) is 6.44. The van der Waals surface area contributed by atoms with E-state index < -0.39 is 17.8 Å². The van der Waals surface area contributed by atoms with Gasteiger partial charge in [0.05, 0.1) is 47.7 Å². The van der Waals surface area contributed by atoms with Crippen LogP contribution in [0.15, 0.2) is 43.0 Å². The Kier molecular flexibility index (Phi) is 8.32. The number of nitrogens with zero attached hydrogens (tertiary/aromatic N) is 8. The maximum Gasteiger partial charge on any atom is 0.318 e. The largest absolute Gasteiger partial charge is 0.462 e. The average Bonchev–Trinajstić information content (AvgIpc) is 3.43. The SMILES string of the molecule is C=C(F)C(=O)N1CCN(c2nc(OC[C@@H]3CCCN3C)nc3c2CCN(c2cncc4cccc(Cl)c24)C3)C[C@@H]1CC#N. The van der Waals surface area contributed by atoms with Crippen LogP contribution in [0, 0.1) is 11.3 Å². The van der Waals surface area contributed by atoms with Gasteiger partial charge in [-0.05, 0) is 38.9 Å². The lowest BCUT2D eigenvalue weighted by Crippen LogP contribution is -2.55. The minimum Gasteiger partial charge on any atom is -0.462 e. The number of fused-ring (bicyclic) bond motifs is 2. The summed E-state index contributed by atoms with van der Waals surface area (Å²) in [5.74, 6) is -1.05. The summed E-state index contributed by atoms with van der Waals surface area (Å²) in [7, 11) is 2.10. The molecule has 0 radical (unpaired) electrons. The number of pyridine rings is 1. The van der Waals surface area contributed by atoms with Crippen LogP contribution in [-0.4, -0.2) is 89.1 Å². The number of carbonyl (C=O) groups excluding carboxylic acids is 1. The molecule has 2 atom stereocenters. The number of hydrogen-bond acceptors (Lipinski definition) is 9. The lowest BCUT2D eigenvalue weighted by atomic mass is 10.0. The highest BCUT2D eigenvalue weighted by Crippen LogP contribution is 2.37. The minimum atomic E-state index is -1.02. The summed E-state index contributed by atoms with van der Waals surface area (Å²) in [5.41, 5.74) is 2.80. The lowest BCUT2D eigenvalue weighted by Gasteiger charge is -2.42. The van der Waals surface area contributed by atoms with Crippen LogP contribution in [0.25, 0.3) is 10.8 Å². The van der Waals surface area contributed by atoms with Crippen LogP contribution in [0.2, 0.25) is 5.02 Å². The molecule has 5 heterocycles. The normalized spacial score (nSPS) is 20.7. The number of benzene rings is 1. The summed E-state index contributed by atoms with van der Waals surface area (Å²) in [6.07, 6.45) is 6.59. The molecule has 12 heteroatoms. The summed E-state index contributed by atoms with van der Waals surface area (Å²) in [6, 6.07) is 8.06. The topological polar surface area (TPSA) is 102 Å². The van der Waals surface area contributed by atoms with Crippen molar-refractivity contribution in [1.82, 2.24) is 24.8 Å². The number of likely N-dealkylation sites (tertiary alicyclic amines) is 1. The molecule has 10 nitrogen and oxygen atoms in total. The second-order valence-corrected chi connectivity index (χ2v) is 11.8. The van der Waals surface area contributed by atoms with Crippen molar-refractivity contribution >= 4 is 39.8 Å². The maximum absolute atomic E-state index is 13.8. The highest BCUT2D eigenvalue weighted by atomic mass is 35.5. The molecule has 224 valence electrons. The summed E-state index contributed by atoms with van der Waals surface area (Å²) in [5, 5.41) is 12.1. The van der Waals surface area contributed by atoms with Gasteiger partial charge in [0, 0.05) is 54.8 Å².